The van der Waals surface area contributed by atoms with Gasteiger partial charge in [-0.15, -0.1) is 0 Å². The summed E-state index contributed by atoms with van der Waals surface area (Å²) < 4.78 is 37.1. The number of amides is 1. The van der Waals surface area contributed by atoms with Crippen LogP contribution < -0.4 is 5.73 Å². The van der Waals surface area contributed by atoms with Crippen molar-refractivity contribution in [3.8, 4) is 0 Å². The molecule has 1 aromatic rings. The van der Waals surface area contributed by atoms with E-state index in [2.05, 4.69) is 5.10 Å². The molecule has 17 heavy (non-hydrogen) atoms. The largest absolute Gasteiger partial charge is 0.390 e. The number of rotatable bonds is 4. The lowest BCUT2D eigenvalue weighted by Crippen LogP contribution is -2.33. The molecule has 1 aromatic heterocycles. The maximum Gasteiger partial charge on any atom is 0.390 e. The monoisotopic (exact) mass is 250 g/mol. The number of carbonyl (C=O) groups is 1. The van der Waals surface area contributed by atoms with Gasteiger partial charge in [0.25, 0.3) is 0 Å². The van der Waals surface area contributed by atoms with Crippen molar-refractivity contribution < 1.29 is 18.0 Å². The molecule has 0 saturated carbocycles. The fourth-order valence-electron chi connectivity index (χ4n) is 1.14. The van der Waals surface area contributed by atoms with Gasteiger partial charge in [-0.25, -0.2) is 0 Å². The Balaban J connectivity index is 2.42. The predicted octanol–water partition coefficient (Wildman–Crippen LogP) is 0.876. The molecule has 0 aliphatic carbocycles. The zero-order valence-corrected chi connectivity index (χ0v) is 9.24. The Labute approximate surface area is 96.0 Å². The number of nitrogens with zero attached hydrogens (tertiary/aromatic N) is 3. The zero-order chi connectivity index (χ0) is 13.1. The number of hydrogen-bond donors (Lipinski definition) is 1. The van der Waals surface area contributed by atoms with E-state index in [1.807, 2.05) is 0 Å². The van der Waals surface area contributed by atoms with Crippen LogP contribution in [0.25, 0.3) is 0 Å². The molecule has 0 spiro atoms. The summed E-state index contributed by atoms with van der Waals surface area (Å²) in [7, 11) is 1.32. The Morgan fingerprint density at radius 3 is 2.71 bits per heavy atom. The minimum Gasteiger partial charge on any atom is -0.382 e. The van der Waals surface area contributed by atoms with Crippen molar-refractivity contribution in [3.63, 3.8) is 0 Å². The van der Waals surface area contributed by atoms with E-state index in [-0.39, 0.29) is 18.9 Å². The van der Waals surface area contributed by atoms with Gasteiger partial charge in [0, 0.05) is 19.8 Å². The Morgan fingerprint density at radius 1 is 1.59 bits per heavy atom. The van der Waals surface area contributed by atoms with Gasteiger partial charge in [0.15, 0.2) is 0 Å². The van der Waals surface area contributed by atoms with E-state index < -0.39 is 18.5 Å². The number of hydrogen-bond acceptors (Lipinski definition) is 3. The molecular weight excluding hydrogens is 237 g/mol. The van der Waals surface area contributed by atoms with E-state index in [0.29, 0.717) is 0 Å². The van der Waals surface area contributed by atoms with Crippen LogP contribution in [0, 0.1) is 0 Å². The summed E-state index contributed by atoms with van der Waals surface area (Å²) >= 11 is 0. The number of nitrogen functional groups attached to an aromatic ring is 1. The van der Waals surface area contributed by atoms with Crippen LogP contribution >= 0.6 is 0 Å². The highest BCUT2D eigenvalue weighted by Crippen LogP contribution is 2.19. The molecule has 2 N–H and O–H groups in total. The second kappa shape index (κ2) is 5.07. The molecule has 0 radical (unpaired) electrons. The van der Waals surface area contributed by atoms with Gasteiger partial charge in [-0.05, 0) is 6.07 Å². The first-order valence-electron chi connectivity index (χ1n) is 4.87. The first-order chi connectivity index (χ1) is 7.78. The van der Waals surface area contributed by atoms with Crippen LogP contribution in [-0.2, 0) is 11.3 Å². The molecule has 0 aromatic carbocycles. The summed E-state index contributed by atoms with van der Waals surface area (Å²) in [6.45, 7) is -0.482. The minimum absolute atomic E-state index is 0.119. The zero-order valence-electron chi connectivity index (χ0n) is 9.24. The summed E-state index contributed by atoms with van der Waals surface area (Å²) in [5.41, 5.74) is 5.34. The molecule has 5 nitrogen and oxygen atoms in total. The smallest absolute Gasteiger partial charge is 0.382 e. The summed E-state index contributed by atoms with van der Waals surface area (Å²) in [5, 5.41) is 3.77. The number of likely N-dealkylation sites (N-methyl/N-ethyl adjacent to an activating group) is 1. The van der Waals surface area contributed by atoms with E-state index in [1.165, 1.54) is 24.0 Å². The van der Waals surface area contributed by atoms with E-state index in [1.54, 1.807) is 0 Å². The molecular formula is C9H13F3N4O. The summed E-state index contributed by atoms with van der Waals surface area (Å²) in [5.74, 6) is -0.187. The van der Waals surface area contributed by atoms with Crippen molar-refractivity contribution in [2.24, 2.45) is 0 Å². The van der Waals surface area contributed by atoms with Gasteiger partial charge < -0.3 is 10.6 Å². The van der Waals surface area contributed by atoms with Crippen LogP contribution in [-0.4, -0.2) is 40.4 Å². The molecule has 1 amide bonds. The van der Waals surface area contributed by atoms with Gasteiger partial charge in [0.2, 0.25) is 5.91 Å². The van der Waals surface area contributed by atoms with Crippen LogP contribution in [0.2, 0.25) is 0 Å². The lowest BCUT2D eigenvalue weighted by molar-refractivity contribution is -0.144. The van der Waals surface area contributed by atoms with Crippen molar-refractivity contribution in [2.75, 3.05) is 19.3 Å². The van der Waals surface area contributed by atoms with Gasteiger partial charge in [-0.2, -0.15) is 18.3 Å². The average Bonchev–Trinajstić information content (AvgIpc) is 2.59. The number of carbonyl (C=O) groups excluding carboxylic acids is 1. The lowest BCUT2D eigenvalue weighted by atomic mass is 10.4. The first-order valence-corrected chi connectivity index (χ1v) is 4.87. The number of aromatic nitrogens is 2. The molecule has 0 bridgehead atoms. The maximum absolute atomic E-state index is 11.9. The second-order valence-corrected chi connectivity index (χ2v) is 3.62. The Bertz CT molecular complexity index is 388. The standard InChI is InChI=1S/C9H13F3N4O/c1-15(5-3-9(10,11)12)8(17)6-16-4-2-7(13)14-16/h2,4H,3,5-6H2,1H3,(H2,13,14). The third-order valence-electron chi connectivity index (χ3n) is 2.11. The van der Waals surface area contributed by atoms with Crippen LogP contribution in [0.3, 0.4) is 0 Å². The minimum atomic E-state index is -4.26. The third kappa shape index (κ3) is 4.75. The van der Waals surface area contributed by atoms with Gasteiger partial charge >= 0.3 is 6.18 Å². The molecule has 0 aliphatic rings. The Morgan fingerprint density at radius 2 is 2.24 bits per heavy atom. The van der Waals surface area contributed by atoms with Crippen LogP contribution in [0.5, 0.6) is 0 Å². The highest BCUT2D eigenvalue weighted by Gasteiger charge is 2.28. The van der Waals surface area contributed by atoms with Gasteiger partial charge in [-0.1, -0.05) is 0 Å². The molecule has 1 rings (SSSR count). The average molecular weight is 250 g/mol. The fraction of sp³-hybridized carbons (Fsp3) is 0.556. The molecule has 0 atom stereocenters. The van der Waals surface area contributed by atoms with Crippen molar-refractivity contribution in [3.05, 3.63) is 12.3 Å². The highest BCUT2D eigenvalue weighted by molar-refractivity contribution is 5.75. The van der Waals surface area contributed by atoms with E-state index in [4.69, 9.17) is 5.73 Å². The topological polar surface area (TPSA) is 64.2 Å². The Hall–Kier alpha value is -1.73. The third-order valence-corrected chi connectivity index (χ3v) is 2.11. The normalized spacial score (nSPS) is 11.5. The second-order valence-electron chi connectivity index (χ2n) is 3.62. The molecule has 0 fully saturated rings. The van der Waals surface area contributed by atoms with Crippen molar-refractivity contribution in [2.45, 2.75) is 19.1 Å². The Kier molecular flexibility index (Phi) is 3.97. The molecule has 1 heterocycles. The number of alkyl halides is 3. The van der Waals surface area contributed by atoms with Crippen molar-refractivity contribution >= 4 is 11.7 Å². The van der Waals surface area contributed by atoms with Gasteiger partial charge in [0.1, 0.15) is 12.4 Å². The summed E-state index contributed by atoms with van der Waals surface area (Å²) in [6, 6.07) is 1.50. The number of nitrogens with two attached hydrogens (primary N) is 1. The quantitative estimate of drug-likeness (QED) is 0.862. The van der Waals surface area contributed by atoms with Gasteiger partial charge in [0.05, 0.1) is 6.42 Å². The van der Waals surface area contributed by atoms with E-state index in [9.17, 15) is 18.0 Å². The van der Waals surface area contributed by atoms with Crippen molar-refractivity contribution in [1.29, 1.82) is 0 Å². The molecule has 0 unspecified atom stereocenters. The van der Waals surface area contributed by atoms with E-state index >= 15 is 0 Å². The van der Waals surface area contributed by atoms with Gasteiger partial charge in [-0.3, -0.25) is 9.48 Å². The maximum atomic E-state index is 11.9. The lowest BCUT2D eigenvalue weighted by Gasteiger charge is -2.17. The van der Waals surface area contributed by atoms with Crippen LogP contribution in [0.4, 0.5) is 19.0 Å². The highest BCUT2D eigenvalue weighted by atomic mass is 19.4. The van der Waals surface area contributed by atoms with Crippen LogP contribution in [0.1, 0.15) is 6.42 Å². The fourth-order valence-corrected chi connectivity index (χ4v) is 1.14. The number of halogens is 3. The molecule has 96 valence electrons. The summed E-state index contributed by atoms with van der Waals surface area (Å²) in [4.78, 5) is 12.5. The molecule has 0 saturated heterocycles. The predicted molar refractivity (Wildman–Crippen MR) is 54.9 cm³/mol. The van der Waals surface area contributed by atoms with Crippen LogP contribution in [0.15, 0.2) is 12.3 Å². The number of anilines is 1. The molecule has 8 heteroatoms. The molecule has 0 aliphatic heterocycles. The summed E-state index contributed by atoms with van der Waals surface area (Å²) in [6.07, 6.45) is -3.79. The SMILES string of the molecule is CN(CCC(F)(F)F)C(=O)Cn1ccc(N)n1. The van der Waals surface area contributed by atoms with E-state index in [0.717, 1.165) is 4.90 Å². The van der Waals surface area contributed by atoms with Crippen molar-refractivity contribution in [1.82, 2.24) is 14.7 Å². The first kappa shape index (κ1) is 13.3.